The van der Waals surface area contributed by atoms with E-state index in [1.807, 2.05) is 55.5 Å². The minimum Gasteiger partial charge on any atom is -0.496 e. The summed E-state index contributed by atoms with van der Waals surface area (Å²) in [5.74, 6) is 0.667. The molecule has 2 aromatic carbocycles. The minimum absolute atomic E-state index is 0.130. The molecule has 1 N–H and O–H groups in total. The number of aromatic nitrogens is 4. The van der Waals surface area contributed by atoms with Gasteiger partial charge in [0, 0.05) is 17.2 Å². The van der Waals surface area contributed by atoms with Crippen molar-refractivity contribution in [3.05, 3.63) is 59.7 Å². The number of nitrogens with zero attached hydrogens (tertiary/aromatic N) is 5. The Morgan fingerprint density at radius 1 is 1.14 bits per heavy atom. The van der Waals surface area contributed by atoms with Gasteiger partial charge in [0.1, 0.15) is 18.3 Å². The van der Waals surface area contributed by atoms with Gasteiger partial charge in [-0.1, -0.05) is 60.9 Å². The van der Waals surface area contributed by atoms with Gasteiger partial charge in [0.15, 0.2) is 0 Å². The highest BCUT2D eigenvalue weighted by molar-refractivity contribution is 5.87. The van der Waals surface area contributed by atoms with Gasteiger partial charge in [-0.2, -0.15) is 4.80 Å². The number of aryl methyl sites for hydroxylation is 1. The Kier molecular flexibility index (Phi) is 7.74. The largest absolute Gasteiger partial charge is 0.496 e. The standard InChI is InChI=1S/C26H32N6O3/c1-18-12-14-20(15-13-18)25-28-30-32(29-25)17-24(33)31(16-21-8-4-7-11-23(21)35-3)19(2)26(34)27-22-9-5-6-10-22/h4,7-8,11-15,19,22H,5-6,9-10,16-17H2,1-3H3,(H,27,34)/t19-/m1/s1. The molecule has 35 heavy (non-hydrogen) atoms. The number of carbonyl (C=O) groups is 2. The molecular formula is C26H32N6O3. The molecule has 1 saturated carbocycles. The van der Waals surface area contributed by atoms with E-state index in [4.69, 9.17) is 4.74 Å². The van der Waals surface area contributed by atoms with Gasteiger partial charge in [0.2, 0.25) is 17.6 Å². The molecule has 4 rings (SSSR count). The monoisotopic (exact) mass is 476 g/mol. The van der Waals surface area contributed by atoms with Crippen LogP contribution >= 0.6 is 0 Å². The van der Waals surface area contributed by atoms with Gasteiger partial charge < -0.3 is 15.0 Å². The fraction of sp³-hybridized carbons (Fsp3) is 0.423. The Morgan fingerprint density at radius 3 is 2.57 bits per heavy atom. The van der Waals surface area contributed by atoms with Gasteiger partial charge in [-0.15, -0.1) is 10.2 Å². The molecular weight excluding hydrogens is 444 g/mol. The summed E-state index contributed by atoms with van der Waals surface area (Å²) >= 11 is 0. The zero-order valence-electron chi connectivity index (χ0n) is 20.5. The van der Waals surface area contributed by atoms with Crippen LogP contribution in [0.3, 0.4) is 0 Å². The second kappa shape index (κ2) is 11.1. The normalized spacial score (nSPS) is 14.5. The molecule has 1 aliphatic rings. The van der Waals surface area contributed by atoms with Gasteiger partial charge in [0.05, 0.1) is 13.7 Å². The first-order chi connectivity index (χ1) is 16.9. The predicted molar refractivity (Wildman–Crippen MR) is 131 cm³/mol. The molecule has 0 aliphatic heterocycles. The molecule has 0 bridgehead atoms. The smallest absolute Gasteiger partial charge is 0.247 e. The first-order valence-electron chi connectivity index (χ1n) is 12.0. The summed E-state index contributed by atoms with van der Waals surface area (Å²) in [6.07, 6.45) is 4.18. The van der Waals surface area contributed by atoms with Crippen molar-refractivity contribution in [1.82, 2.24) is 30.4 Å². The first kappa shape index (κ1) is 24.4. The van der Waals surface area contributed by atoms with E-state index in [0.717, 1.165) is 42.4 Å². The molecule has 0 saturated heterocycles. The lowest BCUT2D eigenvalue weighted by molar-refractivity contribution is -0.141. The lowest BCUT2D eigenvalue weighted by Gasteiger charge is -2.30. The summed E-state index contributed by atoms with van der Waals surface area (Å²) in [4.78, 5) is 29.4. The topological polar surface area (TPSA) is 102 Å². The molecule has 0 unspecified atom stereocenters. The van der Waals surface area contributed by atoms with Crippen molar-refractivity contribution in [2.24, 2.45) is 0 Å². The van der Waals surface area contributed by atoms with E-state index in [-0.39, 0.29) is 30.9 Å². The number of carbonyl (C=O) groups excluding carboxylic acids is 2. The van der Waals surface area contributed by atoms with Crippen LogP contribution in [0, 0.1) is 6.92 Å². The van der Waals surface area contributed by atoms with Gasteiger partial charge in [-0.3, -0.25) is 9.59 Å². The third kappa shape index (κ3) is 6.03. The Bertz CT molecular complexity index is 1150. The first-order valence-corrected chi connectivity index (χ1v) is 12.0. The molecule has 1 fully saturated rings. The molecule has 184 valence electrons. The zero-order valence-corrected chi connectivity index (χ0v) is 20.5. The number of hydrogen-bond acceptors (Lipinski definition) is 6. The number of tetrazole rings is 1. The van der Waals surface area contributed by atoms with Crippen LogP contribution < -0.4 is 10.1 Å². The van der Waals surface area contributed by atoms with Gasteiger partial charge >= 0.3 is 0 Å². The maximum Gasteiger partial charge on any atom is 0.247 e. The van der Waals surface area contributed by atoms with Crippen molar-refractivity contribution < 1.29 is 14.3 Å². The average molecular weight is 477 g/mol. The fourth-order valence-corrected chi connectivity index (χ4v) is 4.33. The predicted octanol–water partition coefficient (Wildman–Crippen LogP) is 3.13. The maximum atomic E-state index is 13.5. The van der Waals surface area contributed by atoms with Crippen LogP contribution in [0.5, 0.6) is 5.75 Å². The number of para-hydroxylation sites is 1. The van der Waals surface area contributed by atoms with E-state index in [0.29, 0.717) is 11.6 Å². The van der Waals surface area contributed by atoms with Crippen LogP contribution in [0.15, 0.2) is 48.5 Å². The Labute approximate surface area is 205 Å². The average Bonchev–Trinajstić information content (AvgIpc) is 3.55. The molecule has 3 aromatic rings. The molecule has 1 heterocycles. The summed E-state index contributed by atoms with van der Waals surface area (Å²) < 4.78 is 5.47. The Balaban J connectivity index is 1.53. The molecule has 9 heteroatoms. The molecule has 9 nitrogen and oxygen atoms in total. The van der Waals surface area contributed by atoms with Crippen LogP contribution in [0.4, 0.5) is 0 Å². The van der Waals surface area contributed by atoms with E-state index in [9.17, 15) is 9.59 Å². The minimum atomic E-state index is -0.673. The second-order valence-electron chi connectivity index (χ2n) is 9.01. The van der Waals surface area contributed by atoms with Gasteiger partial charge in [0.25, 0.3) is 0 Å². The Hall–Kier alpha value is -3.75. The third-order valence-electron chi connectivity index (χ3n) is 6.44. The highest BCUT2D eigenvalue weighted by Crippen LogP contribution is 2.22. The quantitative estimate of drug-likeness (QED) is 0.509. The van der Waals surface area contributed by atoms with Crippen molar-refractivity contribution in [3.8, 4) is 17.1 Å². The molecule has 1 aromatic heterocycles. The molecule has 0 spiro atoms. The summed E-state index contributed by atoms with van der Waals surface area (Å²) in [7, 11) is 1.59. The Morgan fingerprint density at radius 2 is 1.86 bits per heavy atom. The van der Waals surface area contributed by atoms with Crippen LogP contribution in [-0.4, -0.2) is 56.1 Å². The fourth-order valence-electron chi connectivity index (χ4n) is 4.33. The molecule has 0 radical (unpaired) electrons. The summed E-state index contributed by atoms with van der Waals surface area (Å²) in [5, 5.41) is 15.7. The summed E-state index contributed by atoms with van der Waals surface area (Å²) in [6.45, 7) is 3.86. The van der Waals surface area contributed by atoms with Crippen molar-refractivity contribution >= 4 is 11.8 Å². The van der Waals surface area contributed by atoms with E-state index >= 15 is 0 Å². The zero-order chi connectivity index (χ0) is 24.8. The lowest BCUT2D eigenvalue weighted by Crippen LogP contribution is -2.50. The molecule has 1 aliphatic carbocycles. The van der Waals surface area contributed by atoms with Gasteiger partial charge in [-0.05, 0) is 38.0 Å². The number of nitrogens with one attached hydrogen (secondary N) is 1. The lowest BCUT2D eigenvalue weighted by atomic mass is 10.1. The number of amides is 2. The molecule has 1 atom stereocenters. The van der Waals surface area contributed by atoms with E-state index in [1.54, 1.807) is 18.9 Å². The maximum absolute atomic E-state index is 13.5. The van der Waals surface area contributed by atoms with Crippen molar-refractivity contribution in [3.63, 3.8) is 0 Å². The number of methoxy groups -OCH3 is 1. The SMILES string of the molecule is COc1ccccc1CN(C(=O)Cn1nnc(-c2ccc(C)cc2)n1)[C@H](C)C(=O)NC1CCCC1. The van der Waals surface area contributed by atoms with Crippen molar-refractivity contribution in [2.75, 3.05) is 7.11 Å². The number of ether oxygens (including phenoxy) is 1. The van der Waals surface area contributed by atoms with E-state index in [1.165, 1.54) is 4.80 Å². The van der Waals surface area contributed by atoms with Crippen LogP contribution in [0.2, 0.25) is 0 Å². The summed E-state index contributed by atoms with van der Waals surface area (Å²) in [6, 6.07) is 14.8. The summed E-state index contributed by atoms with van der Waals surface area (Å²) in [5.41, 5.74) is 2.77. The second-order valence-corrected chi connectivity index (χ2v) is 9.01. The molecule has 2 amide bonds. The number of hydrogen-bond donors (Lipinski definition) is 1. The van der Waals surface area contributed by atoms with Crippen LogP contribution in [-0.2, 0) is 22.7 Å². The third-order valence-corrected chi connectivity index (χ3v) is 6.44. The van der Waals surface area contributed by atoms with Crippen molar-refractivity contribution in [2.45, 2.75) is 64.7 Å². The van der Waals surface area contributed by atoms with Crippen LogP contribution in [0.25, 0.3) is 11.4 Å². The number of benzene rings is 2. The van der Waals surface area contributed by atoms with Crippen LogP contribution in [0.1, 0.15) is 43.7 Å². The highest BCUT2D eigenvalue weighted by Gasteiger charge is 2.29. The van der Waals surface area contributed by atoms with Gasteiger partial charge in [-0.25, -0.2) is 0 Å². The highest BCUT2D eigenvalue weighted by atomic mass is 16.5. The van der Waals surface area contributed by atoms with E-state index < -0.39 is 6.04 Å². The number of rotatable bonds is 9. The van der Waals surface area contributed by atoms with Crippen molar-refractivity contribution in [1.29, 1.82) is 0 Å². The van der Waals surface area contributed by atoms with E-state index in [2.05, 4.69) is 20.7 Å².